The van der Waals surface area contributed by atoms with Crippen LogP contribution in [-0.4, -0.2) is 66.3 Å². The normalized spacial score (nSPS) is 19.9. The zero-order valence-electron chi connectivity index (χ0n) is 21.2. The predicted molar refractivity (Wildman–Crippen MR) is 138 cm³/mol. The molecule has 2 fully saturated rings. The van der Waals surface area contributed by atoms with Gasteiger partial charge in [0, 0.05) is 44.6 Å². The Morgan fingerprint density at radius 1 is 0.789 bits per heavy atom. The zero-order chi connectivity index (χ0) is 26.9. The molecule has 2 aromatic rings. The highest BCUT2D eigenvalue weighted by Crippen LogP contribution is 2.28. The van der Waals surface area contributed by atoms with Gasteiger partial charge in [-0.25, -0.2) is 9.18 Å². The summed E-state index contributed by atoms with van der Waals surface area (Å²) >= 11 is 0. The number of hydrogen-bond donors (Lipinski definition) is 3. The molecule has 0 atom stereocenters. The average Bonchev–Trinajstić information content (AvgIpc) is 2.93. The number of nitrogens with zero attached hydrogens (tertiary/aromatic N) is 1. The summed E-state index contributed by atoms with van der Waals surface area (Å²) in [6.07, 6.45) is 3.96. The summed E-state index contributed by atoms with van der Waals surface area (Å²) in [4.78, 5) is 37.7. The first-order chi connectivity index (χ1) is 18.4. The Labute approximate surface area is 221 Å². The highest BCUT2D eigenvalue weighted by molar-refractivity contribution is 5.94. The molecule has 0 spiro atoms. The maximum atomic E-state index is 13.0. The average molecular weight is 528 g/mol. The van der Waals surface area contributed by atoms with E-state index in [2.05, 4.69) is 10.6 Å². The number of piperidine rings is 1. The van der Waals surface area contributed by atoms with Gasteiger partial charge < -0.3 is 30.1 Å². The quantitative estimate of drug-likeness (QED) is 0.427. The summed E-state index contributed by atoms with van der Waals surface area (Å²) in [5.74, 6) is -0.310. The van der Waals surface area contributed by atoms with Gasteiger partial charge in [-0.2, -0.15) is 0 Å². The van der Waals surface area contributed by atoms with Crippen LogP contribution in [0.5, 0.6) is 11.5 Å². The molecule has 2 aliphatic rings. The van der Waals surface area contributed by atoms with Crippen LogP contribution in [0.15, 0.2) is 48.5 Å². The molecule has 10 heteroatoms. The van der Waals surface area contributed by atoms with Gasteiger partial charge in [0.15, 0.2) is 0 Å². The molecule has 9 nitrogen and oxygen atoms in total. The predicted octanol–water partition coefficient (Wildman–Crippen LogP) is 3.83. The first kappa shape index (κ1) is 27.2. The molecular weight excluding hydrogens is 493 g/mol. The Morgan fingerprint density at radius 3 is 1.89 bits per heavy atom. The van der Waals surface area contributed by atoms with Crippen LogP contribution in [0.2, 0.25) is 0 Å². The standard InChI is InChI=1S/C28H34FN3O6/c29-21-5-11-24(12-6-21)38-25-13-17-32(18-14-25)28(36)31-16-15-30-26(33)19-1-7-22(8-2-19)37-23-9-3-20(4-10-23)27(34)35/h1-2,5-8,11-12,20,23,25H,3-4,9-10,13-18H2,(H,30,33)(H,31,36)(H,34,35). The van der Waals surface area contributed by atoms with Gasteiger partial charge in [-0.1, -0.05) is 0 Å². The fourth-order valence-corrected chi connectivity index (χ4v) is 4.75. The van der Waals surface area contributed by atoms with E-state index >= 15 is 0 Å². The van der Waals surface area contributed by atoms with Crippen LogP contribution >= 0.6 is 0 Å². The molecule has 2 aromatic carbocycles. The zero-order valence-corrected chi connectivity index (χ0v) is 21.2. The SMILES string of the molecule is O=C(NCCNC(=O)N1CCC(Oc2ccc(F)cc2)CC1)c1ccc(OC2CCC(C(=O)O)CC2)cc1. The Morgan fingerprint density at radius 2 is 1.32 bits per heavy atom. The van der Waals surface area contributed by atoms with Gasteiger partial charge in [0.2, 0.25) is 0 Å². The molecule has 1 saturated carbocycles. The summed E-state index contributed by atoms with van der Waals surface area (Å²) in [5, 5.41) is 14.7. The number of carboxylic acids is 1. The minimum Gasteiger partial charge on any atom is -0.490 e. The number of amides is 3. The lowest BCUT2D eigenvalue weighted by atomic mass is 9.87. The summed E-state index contributed by atoms with van der Waals surface area (Å²) < 4.78 is 24.8. The third-order valence-electron chi connectivity index (χ3n) is 6.98. The molecule has 0 radical (unpaired) electrons. The lowest BCUT2D eigenvalue weighted by Crippen LogP contribution is -2.47. The molecule has 3 N–H and O–H groups in total. The second-order valence-electron chi connectivity index (χ2n) is 9.70. The molecule has 1 heterocycles. The van der Waals surface area contributed by atoms with E-state index < -0.39 is 5.97 Å². The number of carboxylic acid groups (broad SMARTS) is 1. The van der Waals surface area contributed by atoms with Crippen molar-refractivity contribution in [3.63, 3.8) is 0 Å². The molecular formula is C28H34FN3O6. The number of aliphatic carboxylic acids is 1. The van der Waals surface area contributed by atoms with Crippen molar-refractivity contribution in [2.75, 3.05) is 26.2 Å². The van der Waals surface area contributed by atoms with Crippen molar-refractivity contribution in [2.45, 2.75) is 50.7 Å². The van der Waals surface area contributed by atoms with Gasteiger partial charge in [-0.3, -0.25) is 9.59 Å². The van der Waals surface area contributed by atoms with Gasteiger partial charge >= 0.3 is 12.0 Å². The second-order valence-corrected chi connectivity index (χ2v) is 9.70. The van der Waals surface area contributed by atoms with Crippen molar-refractivity contribution in [2.24, 2.45) is 5.92 Å². The number of carbonyl (C=O) groups excluding carboxylic acids is 2. The van der Waals surface area contributed by atoms with Crippen LogP contribution in [0.4, 0.5) is 9.18 Å². The Bertz CT molecular complexity index is 1080. The number of nitrogens with one attached hydrogen (secondary N) is 2. The van der Waals surface area contributed by atoms with E-state index in [0.29, 0.717) is 81.8 Å². The number of benzene rings is 2. The number of halogens is 1. The highest BCUT2D eigenvalue weighted by atomic mass is 19.1. The minimum absolute atomic E-state index is 0.0120. The first-order valence-electron chi connectivity index (χ1n) is 13.1. The number of ether oxygens (including phenoxy) is 2. The molecule has 1 saturated heterocycles. The molecule has 3 amide bonds. The first-order valence-corrected chi connectivity index (χ1v) is 13.1. The molecule has 1 aliphatic heterocycles. The number of rotatable bonds is 9. The van der Waals surface area contributed by atoms with Crippen molar-refractivity contribution in [3.8, 4) is 11.5 Å². The molecule has 0 unspecified atom stereocenters. The van der Waals surface area contributed by atoms with Crippen LogP contribution in [0.25, 0.3) is 0 Å². The smallest absolute Gasteiger partial charge is 0.317 e. The second kappa shape index (κ2) is 13.1. The van der Waals surface area contributed by atoms with E-state index in [-0.39, 0.29) is 35.9 Å². The van der Waals surface area contributed by atoms with Crippen LogP contribution in [0, 0.1) is 11.7 Å². The van der Waals surface area contributed by atoms with E-state index in [1.54, 1.807) is 41.3 Å². The summed E-state index contributed by atoms with van der Waals surface area (Å²) in [6.45, 7) is 1.70. The third-order valence-corrected chi connectivity index (χ3v) is 6.98. The van der Waals surface area contributed by atoms with E-state index in [0.717, 1.165) is 0 Å². The van der Waals surface area contributed by atoms with Crippen molar-refractivity contribution in [1.29, 1.82) is 0 Å². The van der Waals surface area contributed by atoms with Gasteiger partial charge in [0.05, 0.1) is 12.0 Å². The number of urea groups is 1. The minimum atomic E-state index is -0.742. The van der Waals surface area contributed by atoms with Gasteiger partial charge in [-0.15, -0.1) is 0 Å². The Balaban J connectivity index is 1.10. The molecule has 4 rings (SSSR count). The fourth-order valence-electron chi connectivity index (χ4n) is 4.75. The lowest BCUT2D eigenvalue weighted by Gasteiger charge is -2.32. The maximum Gasteiger partial charge on any atom is 0.317 e. The molecule has 204 valence electrons. The van der Waals surface area contributed by atoms with Crippen molar-refractivity contribution < 1.29 is 33.4 Å². The van der Waals surface area contributed by atoms with E-state index in [9.17, 15) is 18.8 Å². The summed E-state index contributed by atoms with van der Waals surface area (Å²) in [7, 11) is 0. The largest absolute Gasteiger partial charge is 0.490 e. The maximum absolute atomic E-state index is 13.0. The summed E-state index contributed by atoms with van der Waals surface area (Å²) in [6, 6.07) is 12.6. The Hall–Kier alpha value is -3.82. The molecule has 38 heavy (non-hydrogen) atoms. The van der Waals surface area contributed by atoms with E-state index in [4.69, 9.17) is 14.6 Å². The van der Waals surface area contributed by atoms with Gasteiger partial charge in [-0.05, 0) is 74.2 Å². The third kappa shape index (κ3) is 7.84. The van der Waals surface area contributed by atoms with Crippen LogP contribution in [0.3, 0.4) is 0 Å². The van der Waals surface area contributed by atoms with E-state index in [1.165, 1.54) is 12.1 Å². The van der Waals surface area contributed by atoms with Crippen LogP contribution in [0.1, 0.15) is 48.9 Å². The highest BCUT2D eigenvalue weighted by Gasteiger charge is 2.27. The fraction of sp³-hybridized carbons (Fsp3) is 0.464. The molecule has 0 aromatic heterocycles. The monoisotopic (exact) mass is 527 g/mol. The summed E-state index contributed by atoms with van der Waals surface area (Å²) in [5.41, 5.74) is 0.487. The Kier molecular flexibility index (Phi) is 9.40. The molecule has 0 bridgehead atoms. The molecule has 1 aliphatic carbocycles. The van der Waals surface area contributed by atoms with Crippen molar-refractivity contribution >= 4 is 17.9 Å². The van der Waals surface area contributed by atoms with Crippen LogP contribution < -0.4 is 20.1 Å². The van der Waals surface area contributed by atoms with Gasteiger partial charge in [0.1, 0.15) is 23.4 Å². The van der Waals surface area contributed by atoms with Crippen LogP contribution in [-0.2, 0) is 4.79 Å². The van der Waals surface area contributed by atoms with Crippen molar-refractivity contribution in [1.82, 2.24) is 15.5 Å². The lowest BCUT2D eigenvalue weighted by molar-refractivity contribution is -0.143. The van der Waals surface area contributed by atoms with E-state index in [1.807, 2.05) is 0 Å². The topological polar surface area (TPSA) is 117 Å². The van der Waals surface area contributed by atoms with Gasteiger partial charge in [0.25, 0.3) is 5.91 Å². The number of hydrogen-bond acceptors (Lipinski definition) is 5. The number of likely N-dealkylation sites (tertiary alicyclic amines) is 1. The van der Waals surface area contributed by atoms with Crippen molar-refractivity contribution in [3.05, 3.63) is 59.9 Å². The number of carbonyl (C=O) groups is 3.